The Balaban J connectivity index is 2.37. The number of hydrogen-bond acceptors (Lipinski definition) is 3. The lowest BCUT2D eigenvalue weighted by Crippen LogP contribution is -2.34. The summed E-state index contributed by atoms with van der Waals surface area (Å²) >= 11 is 0. The van der Waals surface area contributed by atoms with Gasteiger partial charge in [0.15, 0.2) is 0 Å². The largest absolute Gasteiger partial charge is 0.497 e. The number of benzene rings is 1. The Morgan fingerprint density at radius 2 is 2.27 bits per heavy atom. The highest BCUT2D eigenvalue weighted by Gasteiger charge is 1.98. The third kappa shape index (κ3) is 4.32. The molecule has 1 atom stereocenters. The maximum atomic E-state index is 5.51. The van der Waals surface area contributed by atoms with E-state index in [1.165, 1.54) is 5.56 Å². The molecule has 3 nitrogen and oxygen atoms in total. The van der Waals surface area contributed by atoms with Gasteiger partial charge in [-0.1, -0.05) is 12.1 Å². The summed E-state index contributed by atoms with van der Waals surface area (Å²) in [4.78, 5) is 0. The molecule has 3 N–H and O–H groups in total. The fraction of sp³-hybridized carbons (Fsp3) is 0.500. The average molecular weight is 208 g/mol. The Morgan fingerprint density at radius 3 is 2.93 bits per heavy atom. The van der Waals surface area contributed by atoms with Crippen molar-refractivity contribution in [3.8, 4) is 5.75 Å². The SMILES string of the molecule is COc1cccc(CCNC(C)CN)c1. The highest BCUT2D eigenvalue weighted by Crippen LogP contribution is 2.12. The van der Waals surface area contributed by atoms with Crippen LogP contribution in [0.3, 0.4) is 0 Å². The molecule has 84 valence electrons. The van der Waals surface area contributed by atoms with Crippen LogP contribution in [0.1, 0.15) is 12.5 Å². The highest BCUT2D eigenvalue weighted by atomic mass is 16.5. The van der Waals surface area contributed by atoms with Gasteiger partial charge < -0.3 is 15.8 Å². The molecular formula is C12H20N2O. The molecule has 0 aromatic heterocycles. The zero-order valence-corrected chi connectivity index (χ0v) is 9.49. The zero-order chi connectivity index (χ0) is 11.1. The minimum Gasteiger partial charge on any atom is -0.497 e. The van der Waals surface area contributed by atoms with Gasteiger partial charge in [-0.2, -0.15) is 0 Å². The molecule has 0 aliphatic heterocycles. The molecule has 0 radical (unpaired) electrons. The van der Waals surface area contributed by atoms with Crippen molar-refractivity contribution in [2.45, 2.75) is 19.4 Å². The van der Waals surface area contributed by atoms with E-state index < -0.39 is 0 Å². The number of rotatable bonds is 6. The molecule has 3 heteroatoms. The molecule has 1 aromatic carbocycles. The highest BCUT2D eigenvalue weighted by molar-refractivity contribution is 5.28. The van der Waals surface area contributed by atoms with Gasteiger partial charge in [0, 0.05) is 12.6 Å². The lowest BCUT2D eigenvalue weighted by atomic mass is 10.1. The van der Waals surface area contributed by atoms with Crippen LogP contribution in [0.4, 0.5) is 0 Å². The molecule has 0 amide bonds. The second-order valence-electron chi connectivity index (χ2n) is 3.69. The summed E-state index contributed by atoms with van der Waals surface area (Å²) in [6, 6.07) is 8.53. The van der Waals surface area contributed by atoms with Gasteiger partial charge in [-0.3, -0.25) is 0 Å². The minimum absolute atomic E-state index is 0.385. The van der Waals surface area contributed by atoms with Crippen LogP contribution in [0.15, 0.2) is 24.3 Å². The van der Waals surface area contributed by atoms with E-state index in [1.54, 1.807) is 7.11 Å². The Labute approximate surface area is 91.6 Å². The Hall–Kier alpha value is -1.06. The predicted molar refractivity (Wildman–Crippen MR) is 63.2 cm³/mol. The van der Waals surface area contributed by atoms with Gasteiger partial charge in [0.1, 0.15) is 5.75 Å². The number of methoxy groups -OCH3 is 1. The molecule has 0 fully saturated rings. The van der Waals surface area contributed by atoms with Crippen molar-refractivity contribution in [1.82, 2.24) is 5.32 Å². The quantitative estimate of drug-likeness (QED) is 0.738. The summed E-state index contributed by atoms with van der Waals surface area (Å²) in [5.41, 5.74) is 6.80. The van der Waals surface area contributed by atoms with Crippen LogP contribution in [0, 0.1) is 0 Å². The normalized spacial score (nSPS) is 12.5. The smallest absolute Gasteiger partial charge is 0.119 e. The summed E-state index contributed by atoms with van der Waals surface area (Å²) < 4.78 is 5.16. The summed E-state index contributed by atoms with van der Waals surface area (Å²) in [7, 11) is 1.69. The van der Waals surface area contributed by atoms with Crippen molar-refractivity contribution >= 4 is 0 Å². The van der Waals surface area contributed by atoms with Gasteiger partial charge >= 0.3 is 0 Å². The van der Waals surface area contributed by atoms with E-state index in [1.807, 2.05) is 12.1 Å². The van der Waals surface area contributed by atoms with Gasteiger partial charge in [-0.05, 0) is 37.6 Å². The molecule has 0 heterocycles. The van der Waals surface area contributed by atoms with Crippen LogP contribution >= 0.6 is 0 Å². The second-order valence-corrected chi connectivity index (χ2v) is 3.69. The fourth-order valence-electron chi connectivity index (χ4n) is 1.37. The van der Waals surface area contributed by atoms with Crippen molar-refractivity contribution in [3.05, 3.63) is 29.8 Å². The van der Waals surface area contributed by atoms with Crippen LogP contribution in [0.5, 0.6) is 5.75 Å². The van der Waals surface area contributed by atoms with E-state index in [0.29, 0.717) is 12.6 Å². The van der Waals surface area contributed by atoms with Crippen molar-refractivity contribution in [3.63, 3.8) is 0 Å². The molecular weight excluding hydrogens is 188 g/mol. The molecule has 1 rings (SSSR count). The molecule has 0 aliphatic carbocycles. The average Bonchev–Trinajstić information content (AvgIpc) is 2.29. The Kier molecular flexibility index (Phi) is 5.15. The van der Waals surface area contributed by atoms with Crippen molar-refractivity contribution in [2.24, 2.45) is 5.73 Å². The first-order valence-electron chi connectivity index (χ1n) is 5.32. The van der Waals surface area contributed by atoms with Crippen molar-refractivity contribution < 1.29 is 4.74 Å². The van der Waals surface area contributed by atoms with Gasteiger partial charge in [0.25, 0.3) is 0 Å². The van der Waals surface area contributed by atoms with E-state index >= 15 is 0 Å². The molecule has 1 unspecified atom stereocenters. The van der Waals surface area contributed by atoms with Crippen LogP contribution in [0.25, 0.3) is 0 Å². The molecule has 0 aliphatic rings. The van der Waals surface area contributed by atoms with Crippen molar-refractivity contribution in [1.29, 1.82) is 0 Å². The van der Waals surface area contributed by atoms with Crippen LogP contribution in [-0.2, 0) is 6.42 Å². The minimum atomic E-state index is 0.385. The van der Waals surface area contributed by atoms with E-state index in [4.69, 9.17) is 10.5 Å². The van der Waals surface area contributed by atoms with Gasteiger partial charge in [0.05, 0.1) is 7.11 Å². The lowest BCUT2D eigenvalue weighted by molar-refractivity contribution is 0.414. The summed E-state index contributed by atoms with van der Waals surface area (Å²) in [6.07, 6.45) is 1.00. The van der Waals surface area contributed by atoms with Crippen LogP contribution < -0.4 is 15.8 Å². The maximum absolute atomic E-state index is 5.51. The summed E-state index contributed by atoms with van der Waals surface area (Å²) in [6.45, 7) is 3.72. The first-order chi connectivity index (χ1) is 7.26. The third-order valence-electron chi connectivity index (χ3n) is 2.39. The van der Waals surface area contributed by atoms with Gasteiger partial charge in [-0.25, -0.2) is 0 Å². The first kappa shape index (κ1) is 12.0. The predicted octanol–water partition coefficient (Wildman–Crippen LogP) is 1.17. The summed E-state index contributed by atoms with van der Waals surface area (Å²) in [5.74, 6) is 0.916. The fourth-order valence-corrected chi connectivity index (χ4v) is 1.37. The molecule has 0 spiro atoms. The van der Waals surface area contributed by atoms with E-state index in [9.17, 15) is 0 Å². The monoisotopic (exact) mass is 208 g/mol. The van der Waals surface area contributed by atoms with E-state index in [2.05, 4.69) is 24.4 Å². The van der Waals surface area contributed by atoms with Gasteiger partial charge in [0.2, 0.25) is 0 Å². The van der Waals surface area contributed by atoms with E-state index in [-0.39, 0.29) is 0 Å². The molecule has 15 heavy (non-hydrogen) atoms. The molecule has 0 saturated heterocycles. The van der Waals surface area contributed by atoms with Crippen LogP contribution in [0.2, 0.25) is 0 Å². The van der Waals surface area contributed by atoms with Gasteiger partial charge in [-0.15, -0.1) is 0 Å². The zero-order valence-electron chi connectivity index (χ0n) is 9.49. The standard InChI is InChI=1S/C12H20N2O/c1-10(9-13)14-7-6-11-4-3-5-12(8-11)15-2/h3-5,8,10,14H,6-7,9,13H2,1-2H3. The number of ether oxygens (including phenoxy) is 1. The maximum Gasteiger partial charge on any atom is 0.119 e. The van der Waals surface area contributed by atoms with E-state index in [0.717, 1.165) is 18.7 Å². The lowest BCUT2D eigenvalue weighted by Gasteiger charge is -2.11. The summed E-state index contributed by atoms with van der Waals surface area (Å²) in [5, 5.41) is 3.35. The number of hydrogen-bond donors (Lipinski definition) is 2. The Bertz CT molecular complexity index is 289. The topological polar surface area (TPSA) is 47.3 Å². The third-order valence-corrected chi connectivity index (χ3v) is 2.39. The van der Waals surface area contributed by atoms with Crippen molar-refractivity contribution in [2.75, 3.05) is 20.2 Å². The molecule has 0 saturated carbocycles. The second kappa shape index (κ2) is 6.43. The first-order valence-corrected chi connectivity index (χ1v) is 5.32. The number of nitrogens with two attached hydrogens (primary N) is 1. The molecule has 0 bridgehead atoms. The number of nitrogens with one attached hydrogen (secondary N) is 1. The van der Waals surface area contributed by atoms with Crippen LogP contribution in [-0.4, -0.2) is 26.2 Å². The Morgan fingerprint density at radius 1 is 1.47 bits per heavy atom. The molecule has 1 aromatic rings.